The highest BCUT2D eigenvalue weighted by atomic mass is 32.1. The lowest BCUT2D eigenvalue weighted by Crippen LogP contribution is -2.39. The summed E-state index contributed by atoms with van der Waals surface area (Å²) in [5.41, 5.74) is 0. The molecule has 0 nitrogen and oxygen atoms in total. The summed E-state index contributed by atoms with van der Waals surface area (Å²) in [6.07, 6.45) is 0. The van der Waals surface area contributed by atoms with E-state index in [-0.39, 0.29) is 0 Å². The molecule has 0 aliphatic rings. The first kappa shape index (κ1) is 12.1. The van der Waals surface area contributed by atoms with Crippen LogP contribution in [0.1, 0.15) is 0 Å². The first-order valence-electron chi connectivity index (χ1n) is 5.73. The summed E-state index contributed by atoms with van der Waals surface area (Å²) < 4.78 is 0. The Balaban J connectivity index is 2.27. The van der Waals surface area contributed by atoms with Crippen molar-refractivity contribution in [1.82, 2.24) is 0 Å². The van der Waals surface area contributed by atoms with Gasteiger partial charge in [0.25, 0.3) is 0 Å². The molecule has 17 heavy (non-hydrogen) atoms. The van der Waals surface area contributed by atoms with Gasteiger partial charge in [-0.15, -0.1) is 16.0 Å². The fourth-order valence-electron chi connectivity index (χ4n) is 1.59. The molecule has 0 fully saturated rings. The zero-order chi connectivity index (χ0) is 12.1. The van der Waals surface area contributed by atoms with Gasteiger partial charge in [-0.05, 0) is 17.3 Å². The summed E-state index contributed by atoms with van der Waals surface area (Å²) in [5, 5.41) is 1.43. The molecule has 0 aliphatic heterocycles. The third kappa shape index (κ3) is 3.30. The van der Waals surface area contributed by atoms with Crippen molar-refractivity contribution in [2.75, 3.05) is 0 Å². The summed E-state index contributed by atoms with van der Waals surface area (Å²) in [6, 6.07) is 21.2. The minimum atomic E-state index is -1.55. The average molecular weight is 256 g/mol. The number of hydrogen-bond acceptors (Lipinski definition) is 0. The monoisotopic (exact) mass is 256 g/mol. The molecule has 2 rings (SSSR count). The molecule has 0 spiro atoms. The Morgan fingerprint density at radius 3 is 1.94 bits per heavy atom. The normalized spacial score (nSPS) is 10.7. The second-order valence-electron chi connectivity index (χ2n) is 4.51. The summed E-state index contributed by atoms with van der Waals surface area (Å²) in [4.78, 5) is 4.91. The van der Waals surface area contributed by atoms with Gasteiger partial charge in [-0.25, -0.2) is 0 Å². The SMILES string of the molecule is C[Si](C)(C#Sc1ccccc1)c1ccccc1. The van der Waals surface area contributed by atoms with Crippen molar-refractivity contribution in [3.05, 3.63) is 60.7 Å². The lowest BCUT2D eigenvalue weighted by molar-refractivity contribution is 1.48. The highest BCUT2D eigenvalue weighted by molar-refractivity contribution is 7.90. The van der Waals surface area contributed by atoms with Gasteiger partial charge < -0.3 is 0 Å². The minimum absolute atomic E-state index is 1.27. The van der Waals surface area contributed by atoms with E-state index in [1.807, 2.05) is 6.07 Å². The molecular formula is C15H16SSi. The molecule has 86 valence electrons. The van der Waals surface area contributed by atoms with Crippen LogP contribution < -0.4 is 5.19 Å². The van der Waals surface area contributed by atoms with Crippen LogP contribution in [0.3, 0.4) is 0 Å². The molecule has 0 heterocycles. The van der Waals surface area contributed by atoms with Gasteiger partial charge in [-0.2, -0.15) is 0 Å². The summed E-state index contributed by atoms with van der Waals surface area (Å²) in [7, 11) is -1.55. The quantitative estimate of drug-likeness (QED) is 0.679. The smallest absolute Gasteiger partial charge is 0.109 e. The Labute approximate surface area is 108 Å². The summed E-state index contributed by atoms with van der Waals surface area (Å²) in [6.45, 7) is 4.66. The van der Waals surface area contributed by atoms with E-state index in [4.69, 9.17) is 0 Å². The molecule has 0 amide bonds. The average Bonchev–Trinajstić information content (AvgIpc) is 2.39. The molecule has 0 atom stereocenters. The van der Waals surface area contributed by atoms with Crippen LogP contribution in [-0.4, -0.2) is 8.07 Å². The van der Waals surface area contributed by atoms with Crippen LogP contribution >= 0.6 is 11.2 Å². The van der Waals surface area contributed by atoms with E-state index in [2.05, 4.69) is 72.5 Å². The van der Waals surface area contributed by atoms with E-state index in [9.17, 15) is 0 Å². The Morgan fingerprint density at radius 2 is 1.35 bits per heavy atom. The van der Waals surface area contributed by atoms with Gasteiger partial charge in [0.05, 0.1) is 0 Å². The molecule has 0 saturated carbocycles. The van der Waals surface area contributed by atoms with Crippen molar-refractivity contribution in [2.24, 2.45) is 0 Å². The van der Waals surface area contributed by atoms with Gasteiger partial charge in [0, 0.05) is 4.90 Å². The van der Waals surface area contributed by atoms with Crippen molar-refractivity contribution in [3.8, 4) is 4.81 Å². The van der Waals surface area contributed by atoms with Crippen LogP contribution in [0.15, 0.2) is 65.6 Å². The maximum Gasteiger partial charge on any atom is 0.166 e. The van der Waals surface area contributed by atoms with E-state index in [0.717, 1.165) is 0 Å². The molecular weight excluding hydrogens is 240 g/mol. The second-order valence-corrected chi connectivity index (χ2v) is 9.83. The highest BCUT2D eigenvalue weighted by Gasteiger charge is 2.20. The molecule has 2 heteroatoms. The molecule has 0 aliphatic carbocycles. The second kappa shape index (κ2) is 5.33. The molecule has 0 bridgehead atoms. The van der Waals surface area contributed by atoms with Crippen molar-refractivity contribution >= 4 is 24.4 Å². The summed E-state index contributed by atoms with van der Waals surface area (Å²) >= 11 is 1.73. The van der Waals surface area contributed by atoms with Crippen LogP contribution in [0.2, 0.25) is 13.1 Å². The Bertz CT molecular complexity index is 535. The van der Waals surface area contributed by atoms with Gasteiger partial charge >= 0.3 is 0 Å². The first-order valence-corrected chi connectivity index (χ1v) is 9.55. The molecule has 0 N–H and O–H groups in total. The van der Waals surface area contributed by atoms with Gasteiger partial charge in [0.2, 0.25) is 0 Å². The largest absolute Gasteiger partial charge is 0.166 e. The fourth-order valence-corrected chi connectivity index (χ4v) is 4.87. The minimum Gasteiger partial charge on any atom is -0.109 e. The van der Waals surface area contributed by atoms with Crippen LogP contribution in [0.5, 0.6) is 0 Å². The predicted octanol–water partition coefficient (Wildman–Crippen LogP) is 3.89. The van der Waals surface area contributed by atoms with Crippen LogP contribution in [-0.2, 0) is 0 Å². The summed E-state index contributed by atoms with van der Waals surface area (Å²) in [5.74, 6) is 0. The number of rotatable bonds is 1. The Kier molecular flexibility index (Phi) is 3.80. The lowest BCUT2D eigenvalue weighted by atomic mass is 10.4. The number of hydrogen-bond donors (Lipinski definition) is 0. The van der Waals surface area contributed by atoms with E-state index < -0.39 is 8.07 Å². The van der Waals surface area contributed by atoms with Gasteiger partial charge in [0.15, 0.2) is 8.07 Å². The Morgan fingerprint density at radius 1 is 0.824 bits per heavy atom. The third-order valence-electron chi connectivity index (χ3n) is 2.66. The Hall–Kier alpha value is -1.34. The maximum absolute atomic E-state index is 3.65. The molecule has 0 radical (unpaired) electrons. The maximum atomic E-state index is 3.65. The molecule has 2 aromatic carbocycles. The van der Waals surface area contributed by atoms with E-state index >= 15 is 0 Å². The molecule has 0 aromatic heterocycles. The van der Waals surface area contributed by atoms with Gasteiger partial charge in [-0.3, -0.25) is 0 Å². The van der Waals surface area contributed by atoms with Crippen molar-refractivity contribution < 1.29 is 0 Å². The highest BCUT2D eigenvalue weighted by Crippen LogP contribution is 2.10. The van der Waals surface area contributed by atoms with E-state index in [1.54, 1.807) is 11.2 Å². The molecule has 0 saturated heterocycles. The molecule has 0 unspecified atom stereocenters. The topological polar surface area (TPSA) is 0 Å². The zero-order valence-electron chi connectivity index (χ0n) is 10.2. The van der Waals surface area contributed by atoms with E-state index in [1.165, 1.54) is 10.1 Å². The predicted molar refractivity (Wildman–Crippen MR) is 79.7 cm³/mol. The zero-order valence-corrected chi connectivity index (χ0v) is 12.0. The van der Waals surface area contributed by atoms with Crippen molar-refractivity contribution in [2.45, 2.75) is 18.0 Å². The van der Waals surface area contributed by atoms with Crippen LogP contribution in [0.4, 0.5) is 0 Å². The fraction of sp³-hybridized carbons (Fsp3) is 0.133. The van der Waals surface area contributed by atoms with Crippen molar-refractivity contribution in [3.63, 3.8) is 0 Å². The third-order valence-corrected chi connectivity index (χ3v) is 7.40. The van der Waals surface area contributed by atoms with Crippen molar-refractivity contribution in [1.29, 1.82) is 0 Å². The molecule has 2 aromatic rings. The van der Waals surface area contributed by atoms with E-state index in [0.29, 0.717) is 0 Å². The number of benzene rings is 2. The van der Waals surface area contributed by atoms with Gasteiger partial charge in [-0.1, -0.05) is 61.6 Å². The lowest BCUT2D eigenvalue weighted by Gasteiger charge is -2.14. The standard InChI is InChI=1S/C15H16SSi/c1-17(2,15-11-7-4-8-12-15)13-16-14-9-5-3-6-10-14/h3-12H,1-2H3. The van der Waals surface area contributed by atoms with Crippen LogP contribution in [0, 0.1) is 4.81 Å². The first-order chi connectivity index (χ1) is 8.18. The van der Waals surface area contributed by atoms with Crippen LogP contribution in [0.25, 0.3) is 0 Å². The van der Waals surface area contributed by atoms with Gasteiger partial charge in [0.1, 0.15) is 0 Å².